The molecule has 0 unspecified atom stereocenters. The molecule has 0 fully saturated rings. The Kier molecular flexibility index (Phi) is 4.47. The topological polar surface area (TPSA) is 12.9 Å². The van der Waals surface area contributed by atoms with Crippen LogP contribution >= 0.6 is 34.8 Å². The standard InChI is InChI=1S/C13H7Cl3F3N/c14-9-3-1-7(5-10(9)15)12-8(6-13(17,18)19)2-4-11(16)20-12/h1-5H,6H2. The summed E-state index contributed by atoms with van der Waals surface area (Å²) in [4.78, 5) is 3.96. The third kappa shape index (κ3) is 3.78. The summed E-state index contributed by atoms with van der Waals surface area (Å²) in [6, 6.07) is 7.14. The minimum Gasteiger partial charge on any atom is -0.236 e. The van der Waals surface area contributed by atoms with E-state index in [1.807, 2.05) is 0 Å². The lowest BCUT2D eigenvalue weighted by Gasteiger charge is -2.12. The van der Waals surface area contributed by atoms with E-state index in [0.29, 0.717) is 10.6 Å². The molecule has 0 radical (unpaired) electrons. The van der Waals surface area contributed by atoms with E-state index in [0.717, 1.165) is 0 Å². The zero-order valence-electron chi connectivity index (χ0n) is 9.81. The number of nitrogens with zero attached hydrogens (tertiary/aromatic N) is 1. The molecule has 0 saturated heterocycles. The molecule has 0 aliphatic rings. The van der Waals surface area contributed by atoms with Gasteiger partial charge in [0.1, 0.15) is 5.15 Å². The molecule has 1 aromatic carbocycles. The fourth-order valence-electron chi connectivity index (χ4n) is 1.72. The van der Waals surface area contributed by atoms with Gasteiger partial charge in [0.05, 0.1) is 22.2 Å². The first kappa shape index (κ1) is 15.4. The predicted molar refractivity (Wildman–Crippen MR) is 74.5 cm³/mol. The summed E-state index contributed by atoms with van der Waals surface area (Å²) >= 11 is 17.4. The van der Waals surface area contributed by atoms with Gasteiger partial charge in [-0.25, -0.2) is 4.98 Å². The first-order valence-electron chi connectivity index (χ1n) is 5.44. The van der Waals surface area contributed by atoms with Gasteiger partial charge in [-0.15, -0.1) is 0 Å². The van der Waals surface area contributed by atoms with Crippen molar-refractivity contribution in [2.45, 2.75) is 12.6 Å². The molecular formula is C13H7Cl3F3N. The largest absolute Gasteiger partial charge is 0.393 e. The van der Waals surface area contributed by atoms with Crippen molar-refractivity contribution in [2.24, 2.45) is 0 Å². The van der Waals surface area contributed by atoms with Gasteiger partial charge in [-0.3, -0.25) is 0 Å². The van der Waals surface area contributed by atoms with Crippen LogP contribution in [0.3, 0.4) is 0 Å². The van der Waals surface area contributed by atoms with Crippen LogP contribution in [0.5, 0.6) is 0 Å². The minimum atomic E-state index is -4.33. The summed E-state index contributed by atoms with van der Waals surface area (Å²) in [7, 11) is 0. The van der Waals surface area contributed by atoms with Gasteiger partial charge in [0.15, 0.2) is 0 Å². The SMILES string of the molecule is FC(F)(F)Cc1ccc(Cl)nc1-c1ccc(Cl)c(Cl)c1. The molecule has 0 saturated carbocycles. The molecule has 1 aromatic heterocycles. The highest BCUT2D eigenvalue weighted by molar-refractivity contribution is 6.42. The first-order valence-corrected chi connectivity index (χ1v) is 6.57. The Hall–Kier alpha value is -0.970. The van der Waals surface area contributed by atoms with E-state index in [4.69, 9.17) is 34.8 Å². The van der Waals surface area contributed by atoms with Crippen LogP contribution in [0.25, 0.3) is 11.3 Å². The highest BCUT2D eigenvalue weighted by Crippen LogP contribution is 2.32. The second-order valence-corrected chi connectivity index (χ2v) is 5.26. The van der Waals surface area contributed by atoms with Crippen molar-refractivity contribution in [1.29, 1.82) is 0 Å². The van der Waals surface area contributed by atoms with Crippen LogP contribution in [0.2, 0.25) is 15.2 Å². The zero-order valence-corrected chi connectivity index (χ0v) is 12.1. The molecule has 2 rings (SSSR count). The van der Waals surface area contributed by atoms with Crippen LogP contribution in [0.1, 0.15) is 5.56 Å². The molecule has 1 heterocycles. The fraction of sp³-hybridized carbons (Fsp3) is 0.154. The third-order valence-electron chi connectivity index (χ3n) is 2.53. The lowest BCUT2D eigenvalue weighted by Crippen LogP contribution is -2.12. The van der Waals surface area contributed by atoms with Crippen LogP contribution < -0.4 is 0 Å². The second kappa shape index (κ2) is 5.80. The van der Waals surface area contributed by atoms with Crippen LogP contribution in [-0.2, 0) is 6.42 Å². The van der Waals surface area contributed by atoms with Crippen LogP contribution in [0, 0.1) is 0 Å². The molecule has 0 bridgehead atoms. The molecule has 7 heteroatoms. The smallest absolute Gasteiger partial charge is 0.236 e. The van der Waals surface area contributed by atoms with Gasteiger partial charge in [0, 0.05) is 5.56 Å². The molecule has 106 valence electrons. The minimum absolute atomic E-state index is 0.0280. The molecule has 0 N–H and O–H groups in total. The molecule has 0 aliphatic carbocycles. The summed E-state index contributed by atoms with van der Waals surface area (Å²) in [5, 5.41) is 0.663. The van der Waals surface area contributed by atoms with Crippen LogP contribution in [-0.4, -0.2) is 11.2 Å². The summed E-state index contributed by atoms with van der Waals surface area (Å²) < 4.78 is 37.7. The number of benzene rings is 1. The quantitative estimate of drug-likeness (QED) is 0.628. The highest BCUT2D eigenvalue weighted by Gasteiger charge is 2.29. The van der Waals surface area contributed by atoms with Gasteiger partial charge in [-0.2, -0.15) is 13.2 Å². The van der Waals surface area contributed by atoms with Crippen LogP contribution in [0.15, 0.2) is 30.3 Å². The fourth-order valence-corrected chi connectivity index (χ4v) is 2.16. The Morgan fingerprint density at radius 2 is 1.65 bits per heavy atom. The number of pyridine rings is 1. The van der Waals surface area contributed by atoms with Crippen molar-refractivity contribution >= 4 is 34.8 Å². The third-order valence-corrected chi connectivity index (χ3v) is 3.48. The molecule has 20 heavy (non-hydrogen) atoms. The van der Waals surface area contributed by atoms with E-state index in [-0.39, 0.29) is 21.4 Å². The van der Waals surface area contributed by atoms with Crippen molar-refractivity contribution in [1.82, 2.24) is 4.98 Å². The molecule has 0 amide bonds. The average molecular weight is 341 g/mol. The molecular weight excluding hydrogens is 334 g/mol. The Bertz CT molecular complexity index is 641. The van der Waals surface area contributed by atoms with Crippen molar-refractivity contribution in [3.8, 4) is 11.3 Å². The number of rotatable bonds is 2. The Balaban J connectivity index is 2.53. The van der Waals surface area contributed by atoms with Crippen molar-refractivity contribution in [2.75, 3.05) is 0 Å². The van der Waals surface area contributed by atoms with Gasteiger partial charge in [0.25, 0.3) is 0 Å². The monoisotopic (exact) mass is 339 g/mol. The molecule has 0 aliphatic heterocycles. The van der Waals surface area contributed by atoms with Crippen molar-refractivity contribution in [3.63, 3.8) is 0 Å². The Labute approximate surface area is 128 Å². The van der Waals surface area contributed by atoms with Gasteiger partial charge >= 0.3 is 6.18 Å². The van der Waals surface area contributed by atoms with Gasteiger partial charge in [0.2, 0.25) is 0 Å². The maximum atomic E-state index is 12.6. The van der Waals surface area contributed by atoms with Crippen LogP contribution in [0.4, 0.5) is 13.2 Å². The van der Waals surface area contributed by atoms with E-state index in [1.165, 1.54) is 24.3 Å². The molecule has 0 spiro atoms. The maximum Gasteiger partial charge on any atom is 0.393 e. The van der Waals surface area contributed by atoms with E-state index < -0.39 is 12.6 Å². The number of hydrogen-bond donors (Lipinski definition) is 0. The van der Waals surface area contributed by atoms with Crippen molar-refractivity contribution in [3.05, 3.63) is 51.1 Å². The molecule has 1 nitrogen and oxygen atoms in total. The normalized spacial score (nSPS) is 11.7. The average Bonchev–Trinajstić information content (AvgIpc) is 2.33. The Morgan fingerprint density at radius 3 is 2.25 bits per heavy atom. The second-order valence-electron chi connectivity index (χ2n) is 4.06. The Morgan fingerprint density at radius 1 is 0.950 bits per heavy atom. The number of halogens is 6. The summed E-state index contributed by atoms with van der Waals surface area (Å²) in [6.07, 6.45) is -5.42. The lowest BCUT2D eigenvalue weighted by atomic mass is 10.0. The van der Waals surface area contributed by atoms with E-state index >= 15 is 0 Å². The van der Waals surface area contributed by atoms with Crippen molar-refractivity contribution < 1.29 is 13.2 Å². The van der Waals surface area contributed by atoms with E-state index in [9.17, 15) is 13.2 Å². The highest BCUT2D eigenvalue weighted by atomic mass is 35.5. The number of aromatic nitrogens is 1. The number of hydrogen-bond acceptors (Lipinski definition) is 1. The zero-order chi connectivity index (χ0) is 14.9. The predicted octanol–water partition coefficient (Wildman–Crippen LogP) is 5.81. The molecule has 2 aromatic rings. The molecule has 0 atom stereocenters. The van der Waals surface area contributed by atoms with Gasteiger partial charge in [-0.05, 0) is 23.8 Å². The number of alkyl halides is 3. The first-order chi connectivity index (χ1) is 9.26. The van der Waals surface area contributed by atoms with Gasteiger partial charge in [-0.1, -0.05) is 46.9 Å². The summed E-state index contributed by atoms with van der Waals surface area (Å²) in [5.41, 5.74) is 0.606. The van der Waals surface area contributed by atoms with E-state index in [1.54, 1.807) is 6.07 Å². The lowest BCUT2D eigenvalue weighted by molar-refractivity contribution is -0.127. The summed E-state index contributed by atoms with van der Waals surface area (Å²) in [5.74, 6) is 0. The maximum absolute atomic E-state index is 12.6. The summed E-state index contributed by atoms with van der Waals surface area (Å²) in [6.45, 7) is 0. The van der Waals surface area contributed by atoms with Gasteiger partial charge < -0.3 is 0 Å². The van der Waals surface area contributed by atoms with E-state index in [2.05, 4.69) is 4.98 Å².